The van der Waals surface area contributed by atoms with Crippen molar-refractivity contribution in [3.8, 4) is 0 Å². The van der Waals surface area contributed by atoms with Gasteiger partial charge in [0.2, 0.25) is 0 Å². The van der Waals surface area contributed by atoms with Gasteiger partial charge in [0.05, 0.1) is 6.42 Å². The van der Waals surface area contributed by atoms with Gasteiger partial charge in [0.15, 0.2) is 5.78 Å². The van der Waals surface area contributed by atoms with Gasteiger partial charge in [-0.05, 0) is 35.9 Å². The third kappa shape index (κ3) is 4.93. The molecule has 0 amide bonds. The molecular weight excluding hydrogens is 361 g/mol. The zero-order chi connectivity index (χ0) is 14.7. The van der Waals surface area contributed by atoms with E-state index in [0.717, 1.165) is 4.47 Å². The number of nitrogen functional groups attached to an aromatic ring is 1. The number of ketones is 1. The van der Waals surface area contributed by atoms with Crippen molar-refractivity contribution in [1.29, 1.82) is 0 Å². The van der Waals surface area contributed by atoms with Crippen molar-refractivity contribution in [3.63, 3.8) is 0 Å². The number of hydrogen-bond acceptors (Lipinski definition) is 3. The van der Waals surface area contributed by atoms with Gasteiger partial charge in [0.25, 0.3) is 0 Å². The average Bonchev–Trinajstić information content (AvgIpc) is 2.41. The van der Waals surface area contributed by atoms with Crippen molar-refractivity contribution >= 4 is 62.9 Å². The minimum atomic E-state index is -0.982. The molecule has 5 N–H and O–H groups in total. The number of nitrogens with two attached hydrogens (primary N) is 1. The number of hydrogen-bond donors (Lipinski definition) is 2. The molecule has 0 aromatic heterocycles. The van der Waals surface area contributed by atoms with Gasteiger partial charge in [-0.2, -0.15) is 0 Å². The third-order valence-electron chi connectivity index (χ3n) is 2.89. The van der Waals surface area contributed by atoms with Crippen LogP contribution in [0.25, 0.3) is 0 Å². The Hall–Kier alpha value is -1.18. The molecule has 2 aromatic carbocycles. The second-order valence-electron chi connectivity index (χ2n) is 4.28. The quantitative estimate of drug-likeness (QED) is 0.477. The number of carbonyl (C=O) groups excluding carboxylic acids is 1. The SMILES string of the molecule is Nc1c(CC(=O)O)cccc1C(=O)c1ccc(Br)cc1.O.[NaH]. The van der Waals surface area contributed by atoms with E-state index in [1.807, 2.05) is 0 Å². The summed E-state index contributed by atoms with van der Waals surface area (Å²) in [5.41, 5.74) is 7.41. The summed E-state index contributed by atoms with van der Waals surface area (Å²) in [6, 6.07) is 11.8. The summed E-state index contributed by atoms with van der Waals surface area (Å²) in [6.45, 7) is 0. The van der Waals surface area contributed by atoms with E-state index in [0.29, 0.717) is 16.7 Å². The number of anilines is 1. The topological polar surface area (TPSA) is 112 Å². The maximum atomic E-state index is 12.4. The number of benzene rings is 2. The first kappa shape index (κ1) is 20.8. The second-order valence-corrected chi connectivity index (χ2v) is 5.20. The van der Waals surface area contributed by atoms with Crippen LogP contribution in [0, 0.1) is 0 Å². The van der Waals surface area contributed by atoms with Gasteiger partial charge in [-0.3, -0.25) is 9.59 Å². The molecule has 0 saturated heterocycles. The Morgan fingerprint density at radius 1 is 1.09 bits per heavy atom. The molecule has 7 heteroatoms. The number of para-hydroxylation sites is 1. The van der Waals surface area contributed by atoms with Crippen LogP contribution in [-0.4, -0.2) is 51.9 Å². The van der Waals surface area contributed by atoms with Crippen molar-refractivity contribution in [2.24, 2.45) is 0 Å². The van der Waals surface area contributed by atoms with Gasteiger partial charge in [0.1, 0.15) is 0 Å². The fourth-order valence-corrected chi connectivity index (χ4v) is 2.15. The second kappa shape index (κ2) is 9.07. The van der Waals surface area contributed by atoms with Crippen LogP contribution in [0.15, 0.2) is 46.9 Å². The van der Waals surface area contributed by atoms with E-state index >= 15 is 0 Å². The molecule has 0 aliphatic rings. The van der Waals surface area contributed by atoms with Crippen molar-refractivity contribution in [3.05, 3.63) is 63.6 Å². The normalized spacial score (nSPS) is 9.32. The Bertz CT molecular complexity index is 674. The van der Waals surface area contributed by atoms with E-state index < -0.39 is 5.97 Å². The van der Waals surface area contributed by atoms with E-state index in [9.17, 15) is 9.59 Å². The number of carbonyl (C=O) groups is 2. The van der Waals surface area contributed by atoms with E-state index in [4.69, 9.17) is 10.8 Å². The number of carboxylic acid groups (broad SMARTS) is 1. The molecule has 0 aliphatic carbocycles. The molecule has 0 spiro atoms. The van der Waals surface area contributed by atoms with Gasteiger partial charge in [0, 0.05) is 21.3 Å². The van der Waals surface area contributed by atoms with Gasteiger partial charge >= 0.3 is 35.5 Å². The number of carboxylic acids is 1. The first-order valence-corrected chi connectivity index (χ1v) is 6.68. The maximum absolute atomic E-state index is 12.4. The molecule has 0 heterocycles. The average molecular weight is 376 g/mol. The fraction of sp³-hybridized carbons (Fsp3) is 0.0667. The molecule has 2 rings (SSSR count). The molecule has 0 saturated carbocycles. The third-order valence-corrected chi connectivity index (χ3v) is 3.42. The first-order chi connectivity index (χ1) is 9.49. The molecule has 2 aromatic rings. The van der Waals surface area contributed by atoms with Crippen molar-refractivity contribution < 1.29 is 20.2 Å². The molecule has 112 valence electrons. The van der Waals surface area contributed by atoms with E-state index in [1.54, 1.807) is 42.5 Å². The van der Waals surface area contributed by atoms with Crippen LogP contribution in [0.1, 0.15) is 21.5 Å². The molecule has 5 nitrogen and oxygen atoms in total. The van der Waals surface area contributed by atoms with Crippen LogP contribution in [-0.2, 0) is 11.2 Å². The standard InChI is InChI=1S/C15H12BrNO3.Na.H2O.H/c16-11-6-4-9(5-7-11)15(20)12-3-1-2-10(14(12)17)8-13(18)19;;;/h1-7H,8,17H2,(H,18,19);;1H2;. The summed E-state index contributed by atoms with van der Waals surface area (Å²) >= 11 is 3.30. The van der Waals surface area contributed by atoms with Crippen molar-refractivity contribution in [2.45, 2.75) is 6.42 Å². The Balaban J connectivity index is 0.00000220. The fourth-order valence-electron chi connectivity index (χ4n) is 1.88. The van der Waals surface area contributed by atoms with Gasteiger partial charge in [-0.15, -0.1) is 0 Å². The zero-order valence-corrected chi connectivity index (χ0v) is 12.6. The summed E-state index contributed by atoms with van der Waals surface area (Å²) in [4.78, 5) is 23.1. The van der Waals surface area contributed by atoms with Gasteiger partial charge in [-0.1, -0.05) is 28.1 Å². The van der Waals surface area contributed by atoms with Crippen LogP contribution < -0.4 is 5.73 Å². The Kier molecular flexibility index (Phi) is 8.58. The van der Waals surface area contributed by atoms with Crippen LogP contribution in [0.4, 0.5) is 5.69 Å². The Morgan fingerprint density at radius 3 is 2.23 bits per heavy atom. The molecule has 0 aliphatic heterocycles. The molecule has 0 atom stereocenters. The van der Waals surface area contributed by atoms with Crippen molar-refractivity contribution in [1.82, 2.24) is 0 Å². The minimum absolute atomic E-state index is 0. The number of halogens is 1. The summed E-state index contributed by atoms with van der Waals surface area (Å²) in [5.74, 6) is -1.20. The molecule has 22 heavy (non-hydrogen) atoms. The molecule has 0 fully saturated rings. The molecular formula is C15H15BrNNaO4. The zero-order valence-electron chi connectivity index (χ0n) is 11.0. The van der Waals surface area contributed by atoms with Gasteiger partial charge in [-0.25, -0.2) is 0 Å². The van der Waals surface area contributed by atoms with Crippen LogP contribution >= 0.6 is 15.9 Å². The molecule has 0 unspecified atom stereocenters. The summed E-state index contributed by atoms with van der Waals surface area (Å²) in [7, 11) is 0. The van der Waals surface area contributed by atoms with E-state index in [-0.39, 0.29) is 52.9 Å². The number of aliphatic carboxylic acids is 1. The predicted octanol–water partition coefficient (Wildman–Crippen LogP) is 1.42. The Labute approximate surface area is 158 Å². The summed E-state index contributed by atoms with van der Waals surface area (Å²) in [5, 5.41) is 8.82. The summed E-state index contributed by atoms with van der Waals surface area (Å²) in [6.07, 6.45) is -0.201. The molecule has 0 bridgehead atoms. The Morgan fingerprint density at radius 2 is 1.68 bits per heavy atom. The van der Waals surface area contributed by atoms with Crippen molar-refractivity contribution in [2.75, 3.05) is 5.73 Å². The first-order valence-electron chi connectivity index (χ1n) is 5.88. The van der Waals surface area contributed by atoms with E-state index in [2.05, 4.69) is 15.9 Å². The predicted molar refractivity (Wildman–Crippen MR) is 90.5 cm³/mol. The summed E-state index contributed by atoms with van der Waals surface area (Å²) < 4.78 is 0.877. The molecule has 0 radical (unpaired) electrons. The van der Waals surface area contributed by atoms with Crippen LogP contribution in [0.3, 0.4) is 0 Å². The number of rotatable bonds is 4. The van der Waals surface area contributed by atoms with Crippen LogP contribution in [0.2, 0.25) is 0 Å². The van der Waals surface area contributed by atoms with Gasteiger partial charge < -0.3 is 16.3 Å². The van der Waals surface area contributed by atoms with E-state index in [1.165, 1.54) is 0 Å². The monoisotopic (exact) mass is 375 g/mol. The van der Waals surface area contributed by atoms with Crippen LogP contribution in [0.5, 0.6) is 0 Å².